The molecule has 0 bridgehead atoms. The van der Waals surface area contributed by atoms with Crippen LogP contribution < -0.4 is 14.4 Å². The molecule has 0 saturated carbocycles. The number of anilines is 1. The Bertz CT molecular complexity index is 1220. The Labute approximate surface area is 219 Å². The molecule has 37 heavy (non-hydrogen) atoms. The predicted molar refractivity (Wildman–Crippen MR) is 135 cm³/mol. The second-order valence-electron chi connectivity index (χ2n) is 8.27. The van der Waals surface area contributed by atoms with Gasteiger partial charge in [0.1, 0.15) is 18.3 Å². The van der Waals surface area contributed by atoms with Crippen LogP contribution in [0.3, 0.4) is 0 Å². The maximum absolute atomic E-state index is 13.5. The summed E-state index contributed by atoms with van der Waals surface area (Å²) >= 11 is 6.07. The van der Waals surface area contributed by atoms with E-state index in [-0.39, 0.29) is 11.6 Å². The Balaban J connectivity index is 2.49. The van der Waals surface area contributed by atoms with Crippen LogP contribution in [0.15, 0.2) is 42.5 Å². The van der Waals surface area contributed by atoms with Crippen LogP contribution in [0.2, 0.25) is 5.02 Å². The van der Waals surface area contributed by atoms with Gasteiger partial charge in [-0.3, -0.25) is 13.9 Å². The van der Waals surface area contributed by atoms with Gasteiger partial charge < -0.3 is 15.0 Å². The topological polar surface area (TPSA) is 96.0 Å². The molecule has 2 amide bonds. The van der Waals surface area contributed by atoms with Gasteiger partial charge in [-0.15, -0.1) is 0 Å². The molecule has 0 aliphatic heterocycles. The van der Waals surface area contributed by atoms with Crippen molar-refractivity contribution < 1.29 is 35.9 Å². The number of halogens is 4. The third-order valence-corrected chi connectivity index (χ3v) is 6.87. The highest BCUT2D eigenvalue weighted by atomic mass is 35.5. The molecule has 0 heterocycles. The smallest absolute Gasteiger partial charge is 0.416 e. The number of ether oxygens (including phenoxy) is 1. The van der Waals surface area contributed by atoms with Crippen LogP contribution >= 0.6 is 11.6 Å². The van der Waals surface area contributed by atoms with Gasteiger partial charge in [-0.1, -0.05) is 30.7 Å². The lowest BCUT2D eigenvalue weighted by Crippen LogP contribution is -2.51. The van der Waals surface area contributed by atoms with E-state index < -0.39 is 51.9 Å². The van der Waals surface area contributed by atoms with Gasteiger partial charge in [0.15, 0.2) is 0 Å². The van der Waals surface area contributed by atoms with Crippen LogP contribution in [0.1, 0.15) is 31.4 Å². The molecular formula is C24H29ClF3N3O5S. The molecule has 2 aromatic carbocycles. The van der Waals surface area contributed by atoms with Crippen LogP contribution in [0.5, 0.6) is 5.75 Å². The molecule has 0 spiro atoms. The SMILES string of the molecule is CCCNC(=O)C(C)N(Cc1cccc(OC)c1)C(=O)CN(c1cc(C(F)(F)F)ccc1Cl)S(C)(=O)=O. The number of hydrogen-bond acceptors (Lipinski definition) is 5. The quantitative estimate of drug-likeness (QED) is 0.444. The number of methoxy groups -OCH3 is 1. The molecule has 8 nitrogen and oxygen atoms in total. The molecule has 0 saturated heterocycles. The molecule has 0 aromatic heterocycles. The molecule has 0 fully saturated rings. The number of carbonyl (C=O) groups excluding carboxylic acids is 2. The molecule has 13 heteroatoms. The first-order valence-electron chi connectivity index (χ1n) is 11.2. The fourth-order valence-corrected chi connectivity index (χ4v) is 4.54. The van der Waals surface area contributed by atoms with Gasteiger partial charge in [0.05, 0.1) is 29.6 Å². The Morgan fingerprint density at radius 1 is 1.16 bits per heavy atom. The first-order chi connectivity index (χ1) is 17.2. The number of rotatable bonds is 11. The van der Waals surface area contributed by atoms with Crippen molar-refractivity contribution in [3.05, 3.63) is 58.6 Å². The number of nitrogens with one attached hydrogen (secondary N) is 1. The number of carbonyl (C=O) groups is 2. The highest BCUT2D eigenvalue weighted by Crippen LogP contribution is 2.36. The first-order valence-corrected chi connectivity index (χ1v) is 13.5. The van der Waals surface area contributed by atoms with Crippen molar-refractivity contribution in [2.24, 2.45) is 0 Å². The van der Waals surface area contributed by atoms with Crippen molar-refractivity contribution in [3.8, 4) is 5.75 Å². The van der Waals surface area contributed by atoms with E-state index in [1.54, 1.807) is 24.3 Å². The van der Waals surface area contributed by atoms with E-state index in [9.17, 15) is 31.2 Å². The lowest BCUT2D eigenvalue weighted by Gasteiger charge is -2.32. The summed E-state index contributed by atoms with van der Waals surface area (Å²) < 4.78 is 70.9. The molecule has 0 aliphatic rings. The maximum Gasteiger partial charge on any atom is 0.416 e. The summed E-state index contributed by atoms with van der Waals surface area (Å²) in [6.07, 6.45) is -3.37. The number of hydrogen-bond donors (Lipinski definition) is 1. The second-order valence-corrected chi connectivity index (χ2v) is 10.6. The van der Waals surface area contributed by atoms with Crippen molar-refractivity contribution in [3.63, 3.8) is 0 Å². The summed E-state index contributed by atoms with van der Waals surface area (Å²) in [5.74, 6) is -0.788. The van der Waals surface area contributed by atoms with Gasteiger partial charge in [0, 0.05) is 13.1 Å². The van der Waals surface area contributed by atoms with Crippen LogP contribution in [0.25, 0.3) is 0 Å². The molecule has 204 valence electrons. The fraction of sp³-hybridized carbons (Fsp3) is 0.417. The van der Waals surface area contributed by atoms with E-state index in [0.29, 0.717) is 40.7 Å². The van der Waals surface area contributed by atoms with E-state index in [0.717, 1.165) is 17.2 Å². The van der Waals surface area contributed by atoms with Gasteiger partial charge >= 0.3 is 6.18 Å². The van der Waals surface area contributed by atoms with Crippen molar-refractivity contribution in [1.29, 1.82) is 0 Å². The summed E-state index contributed by atoms with van der Waals surface area (Å²) in [6, 6.07) is 7.88. The van der Waals surface area contributed by atoms with Crippen LogP contribution in [-0.2, 0) is 32.3 Å². The molecule has 1 N–H and O–H groups in total. The van der Waals surface area contributed by atoms with Gasteiger partial charge in [0.2, 0.25) is 21.8 Å². The van der Waals surface area contributed by atoms with Gasteiger partial charge in [0.25, 0.3) is 0 Å². The third-order valence-electron chi connectivity index (χ3n) is 5.42. The summed E-state index contributed by atoms with van der Waals surface area (Å²) in [5, 5.41) is 2.40. The minimum Gasteiger partial charge on any atom is -0.497 e. The standard InChI is InChI=1S/C24H29ClF3N3O5S/c1-5-11-29-23(33)16(2)30(14-17-7-6-8-19(12-17)36-3)22(32)15-31(37(4,34)35)21-13-18(24(26,27)28)9-10-20(21)25/h6-10,12-13,16H,5,11,14-15H2,1-4H3,(H,29,33). The Morgan fingerprint density at radius 2 is 1.84 bits per heavy atom. The number of nitrogens with zero attached hydrogens (tertiary/aromatic N) is 2. The van der Waals surface area contributed by atoms with Crippen LogP contribution in [0, 0.1) is 0 Å². The molecule has 1 unspecified atom stereocenters. The van der Waals surface area contributed by atoms with Crippen LogP contribution in [0.4, 0.5) is 18.9 Å². The van der Waals surface area contributed by atoms with E-state index in [2.05, 4.69) is 5.32 Å². The minimum absolute atomic E-state index is 0.0926. The van der Waals surface area contributed by atoms with Gasteiger partial charge in [-0.25, -0.2) is 8.42 Å². The van der Waals surface area contributed by atoms with Crippen molar-refractivity contribution in [2.45, 2.75) is 39.0 Å². The number of benzene rings is 2. The molecule has 0 radical (unpaired) electrons. The average Bonchev–Trinajstić information content (AvgIpc) is 2.83. The lowest BCUT2D eigenvalue weighted by atomic mass is 10.1. The second kappa shape index (κ2) is 12.5. The molecule has 1 atom stereocenters. The zero-order valence-electron chi connectivity index (χ0n) is 20.8. The Kier molecular flexibility index (Phi) is 10.2. The average molecular weight is 564 g/mol. The highest BCUT2D eigenvalue weighted by Gasteiger charge is 2.34. The largest absolute Gasteiger partial charge is 0.497 e. The highest BCUT2D eigenvalue weighted by molar-refractivity contribution is 7.92. The van der Waals surface area contributed by atoms with Gasteiger partial charge in [-0.2, -0.15) is 13.2 Å². The molecule has 2 rings (SSSR count). The van der Waals surface area contributed by atoms with E-state index in [1.165, 1.54) is 14.0 Å². The van der Waals surface area contributed by atoms with E-state index in [4.69, 9.17) is 16.3 Å². The number of sulfonamides is 1. The van der Waals surface area contributed by atoms with Crippen molar-refractivity contribution in [1.82, 2.24) is 10.2 Å². The lowest BCUT2D eigenvalue weighted by molar-refractivity contribution is -0.139. The number of amides is 2. The van der Waals surface area contributed by atoms with Gasteiger partial charge in [-0.05, 0) is 49.2 Å². The zero-order valence-corrected chi connectivity index (χ0v) is 22.4. The van der Waals surface area contributed by atoms with Crippen molar-refractivity contribution in [2.75, 3.05) is 30.8 Å². The monoisotopic (exact) mass is 563 g/mol. The zero-order chi connectivity index (χ0) is 28.0. The molecule has 0 aliphatic carbocycles. The summed E-state index contributed by atoms with van der Waals surface area (Å²) in [4.78, 5) is 27.4. The Morgan fingerprint density at radius 3 is 2.41 bits per heavy atom. The normalized spacial score (nSPS) is 12.5. The minimum atomic E-state index is -4.77. The number of alkyl halides is 3. The van der Waals surface area contributed by atoms with Crippen LogP contribution in [-0.4, -0.2) is 57.6 Å². The maximum atomic E-state index is 13.5. The summed E-state index contributed by atoms with van der Waals surface area (Å²) in [6.45, 7) is 2.72. The first kappa shape index (κ1) is 30.2. The van der Waals surface area contributed by atoms with Crippen molar-refractivity contribution >= 4 is 39.1 Å². The summed E-state index contributed by atoms with van der Waals surface area (Å²) in [7, 11) is -2.80. The van der Waals surface area contributed by atoms with E-state index >= 15 is 0 Å². The summed E-state index contributed by atoms with van der Waals surface area (Å²) in [5.41, 5.74) is -1.05. The Hall–Kier alpha value is -2.99. The third kappa shape index (κ3) is 8.26. The molecular weight excluding hydrogens is 535 g/mol. The predicted octanol–water partition coefficient (Wildman–Crippen LogP) is 4.08. The fourth-order valence-electron chi connectivity index (χ4n) is 3.42. The molecule has 2 aromatic rings. The van der Waals surface area contributed by atoms with E-state index in [1.807, 2.05) is 6.92 Å².